The Kier molecular flexibility index (Phi) is 6.62. The summed E-state index contributed by atoms with van der Waals surface area (Å²) in [6.07, 6.45) is -1.73. The summed E-state index contributed by atoms with van der Waals surface area (Å²) < 4.78 is 0. The molecule has 2 unspecified atom stereocenters. The van der Waals surface area contributed by atoms with Gasteiger partial charge < -0.3 is 20.4 Å². The normalized spacial score (nSPS) is 16.6. The third-order valence-electron chi connectivity index (χ3n) is 3.06. The van der Waals surface area contributed by atoms with E-state index < -0.39 is 47.8 Å². The fourth-order valence-corrected chi connectivity index (χ4v) is 1.32. The average Bonchev–Trinajstić information content (AvgIpc) is 2.40. The quantitative estimate of drug-likeness (QED) is 0.429. The number of hydrogen-bond donors (Lipinski definition) is 4. The van der Waals surface area contributed by atoms with Gasteiger partial charge in [0.15, 0.2) is 11.1 Å². The molecule has 0 spiro atoms. The molecule has 0 saturated heterocycles. The molecule has 0 saturated carbocycles. The van der Waals surface area contributed by atoms with Crippen molar-refractivity contribution in [2.45, 2.75) is 50.6 Å². The molecule has 0 aromatic heterocycles. The van der Waals surface area contributed by atoms with Gasteiger partial charge in [0, 0.05) is 12.8 Å². The third-order valence-corrected chi connectivity index (χ3v) is 3.06. The highest BCUT2D eigenvalue weighted by molar-refractivity contribution is 5.81. The second-order valence-electron chi connectivity index (χ2n) is 5.15. The van der Waals surface area contributed by atoms with Crippen LogP contribution in [0.2, 0.25) is 0 Å². The molecule has 4 N–H and O–H groups in total. The van der Waals surface area contributed by atoms with Crippen LogP contribution in [0.15, 0.2) is 10.2 Å². The Labute approximate surface area is 125 Å². The maximum atomic E-state index is 11.2. The first-order valence-corrected chi connectivity index (χ1v) is 6.27. The van der Waals surface area contributed by atoms with Crippen LogP contribution in [0.1, 0.15) is 39.5 Å². The second-order valence-corrected chi connectivity index (χ2v) is 5.15. The van der Waals surface area contributed by atoms with Gasteiger partial charge in [-0.1, -0.05) is 0 Å². The molecular formula is C12H18N2O8. The summed E-state index contributed by atoms with van der Waals surface area (Å²) in [6, 6.07) is 0. The zero-order valence-electron chi connectivity index (χ0n) is 12.1. The molecule has 0 aromatic rings. The van der Waals surface area contributed by atoms with Gasteiger partial charge in [0.25, 0.3) is 0 Å². The lowest BCUT2D eigenvalue weighted by molar-refractivity contribution is -0.147. The molecule has 124 valence electrons. The van der Waals surface area contributed by atoms with E-state index in [9.17, 15) is 19.2 Å². The molecule has 2 atom stereocenters. The van der Waals surface area contributed by atoms with Crippen LogP contribution in [-0.4, -0.2) is 55.4 Å². The Balaban J connectivity index is 5.31. The van der Waals surface area contributed by atoms with Gasteiger partial charge in [-0.15, -0.1) is 0 Å². The first-order chi connectivity index (χ1) is 9.93. The summed E-state index contributed by atoms with van der Waals surface area (Å²) in [5.74, 6) is -5.36. The van der Waals surface area contributed by atoms with E-state index in [2.05, 4.69) is 10.2 Å². The number of rotatable bonds is 10. The molecule has 0 amide bonds. The van der Waals surface area contributed by atoms with Gasteiger partial charge in [-0.3, -0.25) is 9.59 Å². The number of carboxylic acids is 4. The van der Waals surface area contributed by atoms with E-state index in [4.69, 9.17) is 20.4 Å². The average molecular weight is 318 g/mol. The highest BCUT2D eigenvalue weighted by Crippen LogP contribution is 2.24. The highest BCUT2D eigenvalue weighted by Gasteiger charge is 2.38. The first-order valence-electron chi connectivity index (χ1n) is 6.27. The van der Waals surface area contributed by atoms with Crippen molar-refractivity contribution in [3.05, 3.63) is 0 Å². The van der Waals surface area contributed by atoms with Gasteiger partial charge in [0.05, 0.1) is 0 Å². The van der Waals surface area contributed by atoms with E-state index in [0.29, 0.717) is 0 Å². The van der Waals surface area contributed by atoms with Crippen molar-refractivity contribution in [3.8, 4) is 0 Å². The monoisotopic (exact) mass is 318 g/mol. The molecule has 0 radical (unpaired) electrons. The second kappa shape index (κ2) is 7.48. The van der Waals surface area contributed by atoms with E-state index in [1.807, 2.05) is 0 Å². The molecular weight excluding hydrogens is 300 g/mol. The fourth-order valence-electron chi connectivity index (χ4n) is 1.32. The van der Waals surface area contributed by atoms with Crippen molar-refractivity contribution in [1.82, 2.24) is 0 Å². The van der Waals surface area contributed by atoms with Crippen molar-refractivity contribution in [1.29, 1.82) is 0 Å². The minimum Gasteiger partial charge on any atom is -0.481 e. The Hall–Kier alpha value is -2.52. The minimum atomic E-state index is -1.90. The van der Waals surface area contributed by atoms with Crippen molar-refractivity contribution in [2.24, 2.45) is 10.2 Å². The van der Waals surface area contributed by atoms with Crippen LogP contribution in [0.5, 0.6) is 0 Å². The Morgan fingerprint density at radius 2 is 1.00 bits per heavy atom. The summed E-state index contributed by atoms with van der Waals surface area (Å²) in [4.78, 5) is 43.5. The van der Waals surface area contributed by atoms with E-state index >= 15 is 0 Å². The molecule has 0 aliphatic heterocycles. The minimum absolute atomic E-state index is 0.379. The van der Waals surface area contributed by atoms with E-state index in [1.165, 1.54) is 0 Å². The first kappa shape index (κ1) is 19.5. The van der Waals surface area contributed by atoms with E-state index in [1.54, 1.807) is 0 Å². The van der Waals surface area contributed by atoms with Crippen LogP contribution < -0.4 is 0 Å². The van der Waals surface area contributed by atoms with Crippen LogP contribution >= 0.6 is 0 Å². The molecule has 22 heavy (non-hydrogen) atoms. The molecule has 0 rings (SSSR count). The summed E-state index contributed by atoms with van der Waals surface area (Å²) in [5.41, 5.74) is -3.81. The predicted molar refractivity (Wildman–Crippen MR) is 70.7 cm³/mol. The molecule has 0 aromatic carbocycles. The maximum Gasteiger partial charge on any atom is 0.333 e. The molecule has 0 aliphatic carbocycles. The van der Waals surface area contributed by atoms with Gasteiger partial charge in [-0.2, -0.15) is 10.2 Å². The summed E-state index contributed by atoms with van der Waals surface area (Å²) in [6.45, 7) is 2.22. The van der Waals surface area contributed by atoms with Crippen LogP contribution in [0.3, 0.4) is 0 Å². The number of hydrogen-bond acceptors (Lipinski definition) is 6. The standard InChI is InChI=1S/C12H18N2O8/c1-11(9(19)20,5-3-7(15)16)13-14-12(2,10(21)22)6-4-8(17)18/h3-6H2,1-2H3,(H,15,16)(H,17,18)(H,19,20)(H,21,22). The number of carbonyl (C=O) groups is 4. The zero-order valence-corrected chi connectivity index (χ0v) is 12.1. The lowest BCUT2D eigenvalue weighted by Gasteiger charge is -2.22. The smallest absolute Gasteiger partial charge is 0.333 e. The largest absolute Gasteiger partial charge is 0.481 e. The lowest BCUT2D eigenvalue weighted by Crippen LogP contribution is -2.37. The third kappa shape index (κ3) is 5.85. The van der Waals surface area contributed by atoms with Crippen LogP contribution in [0.4, 0.5) is 0 Å². The molecule has 0 fully saturated rings. The van der Waals surface area contributed by atoms with Gasteiger partial charge in [0.1, 0.15) is 0 Å². The molecule has 0 aliphatic rings. The SMILES string of the molecule is CC(CCC(=O)O)(N=NC(C)(CCC(=O)O)C(=O)O)C(=O)O. The molecule has 10 nitrogen and oxygen atoms in total. The Morgan fingerprint density at radius 1 is 0.727 bits per heavy atom. The topological polar surface area (TPSA) is 174 Å². The van der Waals surface area contributed by atoms with Crippen LogP contribution in [0, 0.1) is 0 Å². The van der Waals surface area contributed by atoms with Crippen LogP contribution in [0.25, 0.3) is 0 Å². The number of carboxylic acid groups (broad SMARTS) is 4. The summed E-state index contributed by atoms with van der Waals surface area (Å²) in [5, 5.41) is 42.4. The van der Waals surface area contributed by atoms with Crippen molar-refractivity contribution in [2.75, 3.05) is 0 Å². The number of azo groups is 1. The van der Waals surface area contributed by atoms with Gasteiger partial charge in [0.2, 0.25) is 0 Å². The zero-order chi connectivity index (χ0) is 17.6. The van der Waals surface area contributed by atoms with E-state index in [0.717, 1.165) is 13.8 Å². The number of aliphatic carboxylic acids is 4. The maximum absolute atomic E-state index is 11.2. The Bertz CT molecular complexity index is 459. The fraction of sp³-hybridized carbons (Fsp3) is 0.667. The van der Waals surface area contributed by atoms with Crippen LogP contribution in [-0.2, 0) is 19.2 Å². The van der Waals surface area contributed by atoms with Gasteiger partial charge in [-0.25, -0.2) is 9.59 Å². The molecule has 0 heterocycles. The predicted octanol–water partition coefficient (Wildman–Crippen LogP) is 0.855. The molecule has 0 bridgehead atoms. The van der Waals surface area contributed by atoms with E-state index in [-0.39, 0.29) is 12.8 Å². The van der Waals surface area contributed by atoms with Crippen molar-refractivity contribution in [3.63, 3.8) is 0 Å². The van der Waals surface area contributed by atoms with Gasteiger partial charge >= 0.3 is 23.9 Å². The summed E-state index contributed by atoms with van der Waals surface area (Å²) >= 11 is 0. The highest BCUT2D eigenvalue weighted by atomic mass is 16.4. The number of nitrogens with zero attached hydrogens (tertiary/aromatic N) is 2. The Morgan fingerprint density at radius 3 is 1.18 bits per heavy atom. The lowest BCUT2D eigenvalue weighted by atomic mass is 9.96. The molecule has 10 heteroatoms. The van der Waals surface area contributed by atoms with Crippen molar-refractivity contribution >= 4 is 23.9 Å². The summed E-state index contributed by atoms with van der Waals surface area (Å²) in [7, 11) is 0. The van der Waals surface area contributed by atoms with Gasteiger partial charge in [-0.05, 0) is 26.7 Å². The van der Waals surface area contributed by atoms with Crippen molar-refractivity contribution < 1.29 is 39.6 Å².